The number of benzene rings is 1. The molecule has 0 aromatic heterocycles. The minimum atomic E-state index is 0.230. The van der Waals surface area contributed by atoms with Gasteiger partial charge in [0.25, 0.3) is 0 Å². The Hall–Kier alpha value is -1.02. The van der Waals surface area contributed by atoms with Crippen LogP contribution in [0.2, 0.25) is 0 Å². The summed E-state index contributed by atoms with van der Waals surface area (Å²) in [6.07, 6.45) is 0.953. The fourth-order valence-electron chi connectivity index (χ4n) is 2.38. The molecule has 0 saturated carbocycles. The molecule has 0 bridgehead atoms. The Kier molecular flexibility index (Phi) is 6.36. The average molecular weight is 262 g/mol. The van der Waals surface area contributed by atoms with E-state index in [9.17, 15) is 0 Å². The molecule has 1 aromatic carbocycles. The number of hydrogen-bond donors (Lipinski definition) is 1. The zero-order chi connectivity index (χ0) is 14.4. The van der Waals surface area contributed by atoms with Crippen molar-refractivity contribution >= 4 is 5.69 Å². The summed E-state index contributed by atoms with van der Waals surface area (Å²) in [5.41, 5.74) is 8.50. The molecule has 1 unspecified atom stereocenters. The Morgan fingerprint density at radius 1 is 0.895 bits per heavy atom. The van der Waals surface area contributed by atoms with Gasteiger partial charge in [-0.1, -0.05) is 39.8 Å². The molecule has 1 atom stereocenters. The molecule has 0 aliphatic rings. The molecule has 2 nitrogen and oxygen atoms in total. The first kappa shape index (κ1) is 16.0. The second-order valence-electron chi connectivity index (χ2n) is 6.54. The molecule has 0 saturated heterocycles. The summed E-state index contributed by atoms with van der Waals surface area (Å²) < 4.78 is 0. The van der Waals surface area contributed by atoms with Crippen LogP contribution in [0.5, 0.6) is 0 Å². The van der Waals surface area contributed by atoms with Crippen LogP contribution < -0.4 is 10.6 Å². The fraction of sp³-hybridized carbons (Fsp3) is 0.647. The molecule has 108 valence electrons. The summed E-state index contributed by atoms with van der Waals surface area (Å²) in [4.78, 5) is 2.49. The van der Waals surface area contributed by atoms with Crippen LogP contribution in [-0.2, 0) is 6.42 Å². The third kappa shape index (κ3) is 6.11. The lowest BCUT2D eigenvalue weighted by molar-refractivity contribution is 0.552. The molecular weight excluding hydrogens is 232 g/mol. The van der Waals surface area contributed by atoms with Gasteiger partial charge in [0.05, 0.1) is 0 Å². The van der Waals surface area contributed by atoms with Gasteiger partial charge in [0.15, 0.2) is 0 Å². The van der Waals surface area contributed by atoms with Gasteiger partial charge in [0.1, 0.15) is 0 Å². The highest BCUT2D eigenvalue weighted by molar-refractivity contribution is 5.47. The maximum Gasteiger partial charge on any atom is 0.0366 e. The molecule has 0 radical (unpaired) electrons. The summed E-state index contributed by atoms with van der Waals surface area (Å²) in [5.74, 6) is 1.37. The first-order valence-electron chi connectivity index (χ1n) is 7.48. The van der Waals surface area contributed by atoms with Crippen LogP contribution in [0.15, 0.2) is 24.3 Å². The van der Waals surface area contributed by atoms with Crippen molar-refractivity contribution in [1.29, 1.82) is 0 Å². The molecule has 0 aliphatic carbocycles. The molecule has 2 N–H and O–H groups in total. The third-order valence-electron chi connectivity index (χ3n) is 3.03. The van der Waals surface area contributed by atoms with Crippen LogP contribution in [0.25, 0.3) is 0 Å². The molecule has 0 amide bonds. The molecule has 2 heteroatoms. The van der Waals surface area contributed by atoms with Crippen LogP contribution in [0.3, 0.4) is 0 Å². The largest absolute Gasteiger partial charge is 0.371 e. The average Bonchev–Trinajstić information content (AvgIpc) is 2.27. The second kappa shape index (κ2) is 7.54. The number of hydrogen-bond acceptors (Lipinski definition) is 2. The van der Waals surface area contributed by atoms with Crippen molar-refractivity contribution in [3.05, 3.63) is 29.8 Å². The molecule has 0 fully saturated rings. The van der Waals surface area contributed by atoms with E-state index in [0.717, 1.165) is 19.5 Å². The Bertz CT molecular complexity index is 342. The van der Waals surface area contributed by atoms with Crippen LogP contribution in [-0.4, -0.2) is 19.1 Å². The standard InChI is InChI=1S/C17H30N2/c1-13(2)11-19(12-14(3)4)17-8-6-16(7-9-17)10-15(5)18/h6-9,13-15H,10-12,18H2,1-5H3. The Morgan fingerprint density at radius 2 is 1.37 bits per heavy atom. The van der Waals surface area contributed by atoms with Gasteiger partial charge in [0.2, 0.25) is 0 Å². The van der Waals surface area contributed by atoms with Gasteiger partial charge in [0, 0.05) is 24.8 Å². The lowest BCUT2D eigenvalue weighted by Crippen LogP contribution is -2.31. The summed E-state index contributed by atoms with van der Waals surface area (Å²) in [5, 5.41) is 0. The predicted molar refractivity (Wildman–Crippen MR) is 85.7 cm³/mol. The van der Waals surface area contributed by atoms with Gasteiger partial charge in [-0.15, -0.1) is 0 Å². The second-order valence-corrected chi connectivity index (χ2v) is 6.54. The number of nitrogens with zero attached hydrogens (tertiary/aromatic N) is 1. The minimum absolute atomic E-state index is 0.230. The molecule has 0 spiro atoms. The van der Waals surface area contributed by atoms with E-state index in [0.29, 0.717) is 11.8 Å². The van der Waals surface area contributed by atoms with Gasteiger partial charge in [-0.25, -0.2) is 0 Å². The number of anilines is 1. The highest BCUT2D eigenvalue weighted by Gasteiger charge is 2.10. The van der Waals surface area contributed by atoms with Crippen LogP contribution in [0.4, 0.5) is 5.69 Å². The summed E-state index contributed by atoms with van der Waals surface area (Å²) in [7, 11) is 0. The lowest BCUT2D eigenvalue weighted by Gasteiger charge is -2.28. The van der Waals surface area contributed by atoms with E-state index < -0.39 is 0 Å². The van der Waals surface area contributed by atoms with Crippen molar-refractivity contribution in [2.45, 2.75) is 47.1 Å². The monoisotopic (exact) mass is 262 g/mol. The van der Waals surface area contributed by atoms with Gasteiger partial charge in [-0.05, 0) is 42.9 Å². The predicted octanol–water partition coefficient (Wildman–Crippen LogP) is 3.69. The minimum Gasteiger partial charge on any atom is -0.371 e. The van der Waals surface area contributed by atoms with E-state index in [-0.39, 0.29) is 6.04 Å². The molecule has 0 heterocycles. The van der Waals surface area contributed by atoms with Crippen molar-refractivity contribution in [2.24, 2.45) is 17.6 Å². The third-order valence-corrected chi connectivity index (χ3v) is 3.03. The van der Waals surface area contributed by atoms with Crippen LogP contribution in [0.1, 0.15) is 40.2 Å². The van der Waals surface area contributed by atoms with Crippen molar-refractivity contribution in [3.8, 4) is 0 Å². The highest BCUT2D eigenvalue weighted by Crippen LogP contribution is 2.19. The highest BCUT2D eigenvalue weighted by atomic mass is 15.1. The van der Waals surface area contributed by atoms with Crippen LogP contribution >= 0.6 is 0 Å². The SMILES string of the molecule is CC(C)CN(CC(C)C)c1ccc(CC(C)N)cc1. The van der Waals surface area contributed by atoms with E-state index in [1.54, 1.807) is 0 Å². The Labute approximate surface area is 119 Å². The van der Waals surface area contributed by atoms with Gasteiger partial charge < -0.3 is 10.6 Å². The van der Waals surface area contributed by atoms with Crippen molar-refractivity contribution < 1.29 is 0 Å². The Balaban J connectivity index is 2.78. The molecule has 1 rings (SSSR count). The smallest absolute Gasteiger partial charge is 0.0366 e. The lowest BCUT2D eigenvalue weighted by atomic mass is 10.1. The van der Waals surface area contributed by atoms with E-state index in [1.165, 1.54) is 11.3 Å². The molecular formula is C17H30N2. The van der Waals surface area contributed by atoms with Crippen molar-refractivity contribution in [3.63, 3.8) is 0 Å². The fourth-order valence-corrected chi connectivity index (χ4v) is 2.38. The van der Waals surface area contributed by atoms with Crippen molar-refractivity contribution in [2.75, 3.05) is 18.0 Å². The van der Waals surface area contributed by atoms with Gasteiger partial charge in [-0.2, -0.15) is 0 Å². The maximum atomic E-state index is 5.84. The zero-order valence-electron chi connectivity index (χ0n) is 13.2. The summed E-state index contributed by atoms with van der Waals surface area (Å²) in [6, 6.07) is 9.14. The first-order valence-corrected chi connectivity index (χ1v) is 7.48. The first-order chi connectivity index (χ1) is 8.88. The van der Waals surface area contributed by atoms with E-state index >= 15 is 0 Å². The zero-order valence-corrected chi connectivity index (χ0v) is 13.2. The van der Waals surface area contributed by atoms with Gasteiger partial charge in [-0.3, -0.25) is 0 Å². The topological polar surface area (TPSA) is 29.3 Å². The molecule has 1 aromatic rings. The summed E-state index contributed by atoms with van der Waals surface area (Å²) >= 11 is 0. The van der Waals surface area contributed by atoms with Crippen LogP contribution in [0, 0.1) is 11.8 Å². The number of nitrogens with two attached hydrogens (primary N) is 1. The number of rotatable bonds is 7. The Morgan fingerprint density at radius 3 is 1.74 bits per heavy atom. The molecule has 0 aliphatic heterocycles. The summed E-state index contributed by atoms with van der Waals surface area (Å²) in [6.45, 7) is 13.4. The maximum absolute atomic E-state index is 5.84. The van der Waals surface area contributed by atoms with E-state index in [1.807, 2.05) is 0 Å². The van der Waals surface area contributed by atoms with Gasteiger partial charge >= 0.3 is 0 Å². The van der Waals surface area contributed by atoms with Crippen molar-refractivity contribution in [1.82, 2.24) is 0 Å². The van der Waals surface area contributed by atoms with E-state index in [4.69, 9.17) is 5.73 Å². The molecule has 19 heavy (non-hydrogen) atoms. The van der Waals surface area contributed by atoms with E-state index in [2.05, 4.69) is 63.8 Å². The quantitative estimate of drug-likeness (QED) is 0.812. The normalized spacial score (nSPS) is 13.1.